The summed E-state index contributed by atoms with van der Waals surface area (Å²) in [5.74, 6) is 8.87. The van der Waals surface area contributed by atoms with Crippen molar-refractivity contribution in [2.75, 3.05) is 9.80 Å². The van der Waals surface area contributed by atoms with Crippen molar-refractivity contribution in [3.8, 4) is 39.3 Å². The van der Waals surface area contributed by atoms with E-state index in [0.717, 1.165) is 234 Å². The van der Waals surface area contributed by atoms with Crippen LogP contribution >= 0.6 is 0 Å². The van der Waals surface area contributed by atoms with E-state index in [1.54, 1.807) is 0 Å². The van der Waals surface area contributed by atoms with E-state index in [1.807, 2.05) is 13.7 Å². The van der Waals surface area contributed by atoms with E-state index < -0.39 is 127 Å². The molecule has 742 valence electrons. The lowest BCUT2D eigenvalue weighted by Gasteiger charge is -2.57. The summed E-state index contributed by atoms with van der Waals surface area (Å²) in [6, 6.07) is 44.3. The van der Waals surface area contributed by atoms with Gasteiger partial charge in [-0.25, -0.2) is 0 Å². The molecular formula is C142H146BN5. The van der Waals surface area contributed by atoms with Crippen LogP contribution in [-0.4, -0.2) is 20.4 Å². The zero-order chi connectivity index (χ0) is 112. The van der Waals surface area contributed by atoms with Gasteiger partial charge in [0.1, 0.15) is 0 Å². The molecule has 0 saturated heterocycles. The number of benzene rings is 13. The number of para-hydroxylation sites is 2. The van der Waals surface area contributed by atoms with Gasteiger partial charge in [-0.3, -0.25) is 0 Å². The topological polar surface area (TPSA) is 21.3 Å². The Labute approximate surface area is 902 Å². The summed E-state index contributed by atoms with van der Waals surface area (Å²) in [7, 11) is 0. The molecule has 20 fully saturated rings. The lowest BCUT2D eigenvalue weighted by atomic mass is 9.33. The quantitative estimate of drug-likeness (QED) is 0.0954. The van der Waals surface area contributed by atoms with Gasteiger partial charge in [0.15, 0.2) is 0 Å². The molecule has 13 aromatic carbocycles. The van der Waals surface area contributed by atoms with E-state index in [9.17, 15) is 24.7 Å². The Bertz CT molecular complexity index is 8350. The molecule has 20 saturated carbocycles. The third-order valence-corrected chi connectivity index (χ3v) is 44.3. The molecule has 148 heavy (non-hydrogen) atoms. The van der Waals surface area contributed by atoms with Gasteiger partial charge in [0.25, 0.3) is 6.71 Å². The van der Waals surface area contributed by atoms with Crippen LogP contribution in [0.2, 0.25) is 0 Å². The summed E-state index contributed by atoms with van der Waals surface area (Å²) >= 11 is 0. The van der Waals surface area contributed by atoms with Crippen LogP contribution in [0.1, 0.15) is 375 Å². The molecule has 20 aliphatic carbocycles. The molecule has 6 heteroatoms. The molecule has 2 aliphatic heterocycles. The van der Waals surface area contributed by atoms with Crippen molar-refractivity contribution >= 4 is 123 Å². The molecule has 0 atom stereocenters. The van der Waals surface area contributed by atoms with Crippen molar-refractivity contribution in [1.82, 2.24) is 13.7 Å². The minimum atomic E-state index is -1.84. The highest BCUT2D eigenvalue weighted by Crippen LogP contribution is 2.68. The summed E-state index contributed by atoms with van der Waals surface area (Å²) in [5, 5.41) is 5.29. The van der Waals surface area contributed by atoms with Crippen molar-refractivity contribution in [2.45, 2.75) is 328 Å². The first kappa shape index (κ1) is 71.6. The fourth-order valence-corrected chi connectivity index (χ4v) is 39.5. The zero-order valence-corrected chi connectivity index (χ0v) is 86.0. The molecule has 0 spiro atoms. The van der Waals surface area contributed by atoms with Gasteiger partial charge < -0.3 is 23.5 Å². The van der Waals surface area contributed by atoms with E-state index in [0.29, 0.717) is 128 Å². The van der Waals surface area contributed by atoms with E-state index >= 15 is 0 Å². The van der Waals surface area contributed by atoms with Gasteiger partial charge in [0.05, 0.1) is 63.5 Å². The predicted octanol–water partition coefficient (Wildman–Crippen LogP) is 36.5. The molecular weight excluding hydrogens is 1790 g/mol. The third-order valence-electron chi connectivity index (χ3n) is 44.3. The summed E-state index contributed by atoms with van der Waals surface area (Å²) in [6.07, 6.45) is 50.7. The molecule has 0 radical (unpaired) electrons. The van der Waals surface area contributed by atoms with Crippen LogP contribution in [-0.2, 0) is 21.7 Å². The number of anilines is 6. The van der Waals surface area contributed by atoms with Gasteiger partial charge in [-0.2, -0.15) is 0 Å². The van der Waals surface area contributed by atoms with Crippen molar-refractivity contribution in [3.63, 3.8) is 0 Å². The number of fused-ring (bicyclic) bond motifs is 13. The summed E-state index contributed by atoms with van der Waals surface area (Å²) < 4.78 is 207. The van der Waals surface area contributed by atoms with Gasteiger partial charge in [0, 0.05) is 77.8 Å². The molecule has 38 rings (SSSR count). The Balaban J connectivity index is 0.696. The third kappa shape index (κ3) is 13.7. The highest BCUT2D eigenvalue weighted by Gasteiger charge is 2.57. The molecule has 5 nitrogen and oxygen atoms in total. The van der Waals surface area contributed by atoms with Gasteiger partial charge in [-0.1, -0.05) is 210 Å². The predicted molar refractivity (Wildman–Crippen MR) is 617 cm³/mol. The average molecular weight is 1950 g/mol. The normalized spacial score (nSPS) is 32.0. The maximum Gasteiger partial charge on any atom is 0.252 e. The molecule has 3 aromatic heterocycles. The van der Waals surface area contributed by atoms with Gasteiger partial charge in [-0.05, 0) is 526 Å². The van der Waals surface area contributed by atoms with E-state index in [1.165, 1.54) is 157 Å². The first-order valence-corrected chi connectivity index (χ1v) is 59.2. The fraction of sp³-hybridized carbons (Fsp3) is 0.451. The molecule has 16 aromatic rings. The van der Waals surface area contributed by atoms with Crippen molar-refractivity contribution < 1.29 is 24.7 Å². The van der Waals surface area contributed by atoms with Crippen LogP contribution in [0.3, 0.4) is 0 Å². The first-order chi connectivity index (χ1) is 80.4. The van der Waals surface area contributed by atoms with E-state index in [4.69, 9.17) is 0 Å². The second kappa shape index (κ2) is 33.2. The first-order valence-electron chi connectivity index (χ1n) is 68.2. The molecule has 22 aliphatic rings. The molecule has 5 heterocycles. The highest BCUT2D eigenvalue weighted by atomic mass is 15.2. The zero-order valence-electron chi connectivity index (χ0n) is 104. The van der Waals surface area contributed by atoms with Crippen LogP contribution in [0.25, 0.3) is 105 Å². The average Bonchev–Trinajstić information content (AvgIpc) is 0.980. The van der Waals surface area contributed by atoms with Gasteiger partial charge in [-0.15, -0.1) is 0 Å². The number of aromatic nitrogens is 3. The van der Waals surface area contributed by atoms with Crippen LogP contribution in [0.4, 0.5) is 34.1 Å². The molecule has 0 amide bonds. The van der Waals surface area contributed by atoms with Crippen LogP contribution in [0.15, 0.2) is 254 Å². The van der Waals surface area contributed by atoms with Crippen molar-refractivity contribution in [2.24, 2.45) is 71.0 Å². The lowest BCUT2D eigenvalue weighted by molar-refractivity contribution is -0.00528. The fourth-order valence-electron chi connectivity index (χ4n) is 39.5. The lowest BCUT2D eigenvalue weighted by Crippen LogP contribution is -2.61. The Kier molecular flexibility index (Phi) is 16.1. The largest absolute Gasteiger partial charge is 0.311 e. The maximum atomic E-state index is 12.6. The standard InChI is InChI=1S/C142H146BN5/c1-7-19-99(20-8-1)105-59-106(100-21-9-2-10-22-100)62-109(61-105)103-31-39-120-121-40-32-104(110-63-107(101-23-11-3-12-24-101)60-108(64-110)102-25-13-4-14-26-102)66-133(121)148(132(120)65-103)119-73-136-138-137(74-119)145(116-29-17-6-18-30-116)135-72-118(147-130-45-35-113(141-81-93-53-94(82-141)55-95(54-93)83-141)69-124(130)125-70-114(36-46-131(125)147)142-84-96-56-97(85-142)58-98(57-96)86-142)38-42-127(135)143(138)126-41-37-117(71-134(126)144(136)115-27-15-5-16-28-115)146-128-43-33-111(139-75-87-47-88(76-139)49-89(48-87)77-139)67-122(128)123-68-112(34-44-129(123)146)140-78-90-50-91(79-140)52-92(51-90)80-140/h5-6,15-18,27-46,59-74,87-102H,1-4,7-14,19-26,47-58,75-86H2/i5D,6D,15D,16D,17D,18D,27D,28D,29D,30D,37D,38D,41D,42D,71D,72D,73D,74D. The van der Waals surface area contributed by atoms with Gasteiger partial charge >= 0.3 is 0 Å². The van der Waals surface area contributed by atoms with Crippen molar-refractivity contribution in [3.05, 3.63) is 299 Å². The Morgan fingerprint density at radius 2 is 0.493 bits per heavy atom. The Morgan fingerprint density at radius 3 is 0.777 bits per heavy atom. The van der Waals surface area contributed by atoms with Crippen LogP contribution in [0, 0.1) is 71.0 Å². The second-order valence-corrected chi connectivity index (χ2v) is 53.0. The van der Waals surface area contributed by atoms with Gasteiger partial charge in [0.2, 0.25) is 0 Å². The Morgan fingerprint density at radius 1 is 0.223 bits per heavy atom. The molecule has 0 N–H and O–H groups in total. The summed E-state index contributed by atoms with van der Waals surface area (Å²) in [4.78, 5) is 2.75. The minimum Gasteiger partial charge on any atom is -0.311 e. The van der Waals surface area contributed by atoms with E-state index in [2.05, 4.69) is 146 Å². The minimum absolute atomic E-state index is 0.0655. The summed E-state index contributed by atoms with van der Waals surface area (Å²) in [6.45, 7) is -1.84. The Hall–Kier alpha value is -11.1. The second-order valence-electron chi connectivity index (χ2n) is 53.0. The number of hydrogen-bond donors (Lipinski definition) is 0. The molecule has 0 unspecified atom stereocenters. The highest BCUT2D eigenvalue weighted by molar-refractivity contribution is 7.00. The van der Waals surface area contributed by atoms with E-state index in [-0.39, 0.29) is 77.9 Å². The SMILES string of the molecule is [2H]c1c([2H])c([2H])c(N2c3c([2H])c(-n4c5ccc(C67CC8CC(CC(C8)C6)C7)cc5c5cc(C67CC8CC(CC(C8)C6)C7)ccc54)c([2H])c([2H])c3B3c4c([2H])c([2H])c(-n5c6ccc(C78CC9CC(CC(C9)C7)C8)cc6c6cc(C78CC9CC(CC(C9)C7)C8)ccc65)c([2H])c4N(c4c([2H])c([2H])c([2H])c([2H])c4[2H])c4c([2H])c(-n5c6cc(-c7cc(C8CCCCC8)cc(C8CCCCC8)c7)ccc6c6ccc(-c7cc(C8CCCCC8)cc(C8CCCCC8)c7)cc65)c([2H])c2c43)c([2H])c1[2H]. The molecule has 16 bridgehead atoms. The maximum absolute atomic E-state index is 12.6. The number of hydrogen-bond acceptors (Lipinski definition) is 2. The number of rotatable bonds is 15. The summed E-state index contributed by atoms with van der Waals surface area (Å²) in [5.41, 5.74) is 14.7. The van der Waals surface area contributed by atoms with Crippen LogP contribution < -0.4 is 26.2 Å². The van der Waals surface area contributed by atoms with Crippen molar-refractivity contribution in [1.29, 1.82) is 0 Å². The van der Waals surface area contributed by atoms with Crippen LogP contribution in [0.5, 0.6) is 0 Å². The smallest absolute Gasteiger partial charge is 0.252 e. The number of nitrogens with zero attached hydrogens (tertiary/aromatic N) is 5. The monoisotopic (exact) mass is 1950 g/mol.